The molecule has 1 heterocycles. The van der Waals surface area contributed by atoms with Gasteiger partial charge in [-0.1, -0.05) is 30.3 Å². The summed E-state index contributed by atoms with van der Waals surface area (Å²) in [6.07, 6.45) is 5.09. The Bertz CT molecular complexity index is 621. The molecule has 0 saturated heterocycles. The zero-order chi connectivity index (χ0) is 15.1. The topological polar surface area (TPSA) is 45.2 Å². The summed E-state index contributed by atoms with van der Waals surface area (Å²) in [4.78, 5) is 18.0. The molecule has 1 aromatic carbocycles. The number of benzene rings is 1. The van der Waals surface area contributed by atoms with Gasteiger partial charge in [0.25, 0.3) is 0 Å². The van der Waals surface area contributed by atoms with Crippen LogP contribution >= 0.6 is 0 Å². The van der Waals surface area contributed by atoms with E-state index in [4.69, 9.17) is 0 Å². The Kier molecular flexibility index (Phi) is 5.10. The molecule has 0 aliphatic heterocycles. The molecular weight excluding hydrogens is 262 g/mol. The molecule has 0 unspecified atom stereocenters. The first-order valence-electron chi connectivity index (χ1n) is 6.78. The van der Waals surface area contributed by atoms with Crippen LogP contribution in [0.5, 0.6) is 0 Å². The smallest absolute Gasteiger partial charge is 0.244 e. The van der Waals surface area contributed by atoms with E-state index < -0.39 is 0 Å². The Morgan fingerprint density at radius 1 is 1.24 bits per heavy atom. The van der Waals surface area contributed by atoms with E-state index in [-0.39, 0.29) is 5.91 Å². The van der Waals surface area contributed by atoms with Crippen molar-refractivity contribution in [2.24, 2.45) is 0 Å². The Morgan fingerprint density at radius 3 is 2.71 bits per heavy atom. The van der Waals surface area contributed by atoms with Crippen molar-refractivity contribution in [2.45, 2.75) is 6.54 Å². The van der Waals surface area contributed by atoms with E-state index in [1.807, 2.05) is 61.5 Å². The van der Waals surface area contributed by atoms with Gasteiger partial charge in [0, 0.05) is 32.9 Å². The van der Waals surface area contributed by atoms with Gasteiger partial charge in [0.05, 0.1) is 0 Å². The van der Waals surface area contributed by atoms with Crippen LogP contribution in [-0.4, -0.2) is 25.0 Å². The minimum absolute atomic E-state index is 0.109. The first kappa shape index (κ1) is 14.8. The highest BCUT2D eigenvalue weighted by Gasteiger charge is 2.00. The maximum Gasteiger partial charge on any atom is 0.244 e. The minimum atomic E-state index is -0.109. The van der Waals surface area contributed by atoms with Gasteiger partial charge in [-0.3, -0.25) is 4.79 Å². The van der Waals surface area contributed by atoms with Gasteiger partial charge in [-0.25, -0.2) is 4.98 Å². The lowest BCUT2D eigenvalue weighted by Gasteiger charge is -2.12. The van der Waals surface area contributed by atoms with Crippen LogP contribution in [0.15, 0.2) is 54.7 Å². The normalized spacial score (nSPS) is 10.6. The molecule has 0 bridgehead atoms. The maximum absolute atomic E-state index is 11.8. The largest absolute Gasteiger partial charge is 0.363 e. The Labute approximate surface area is 125 Å². The van der Waals surface area contributed by atoms with Crippen molar-refractivity contribution in [3.63, 3.8) is 0 Å². The van der Waals surface area contributed by atoms with Crippen molar-refractivity contribution in [3.05, 3.63) is 65.9 Å². The van der Waals surface area contributed by atoms with Crippen molar-refractivity contribution in [1.82, 2.24) is 10.3 Å². The molecule has 0 aliphatic rings. The molecule has 1 amide bonds. The molecule has 1 aromatic heterocycles. The van der Waals surface area contributed by atoms with Crippen LogP contribution in [0, 0.1) is 0 Å². The Morgan fingerprint density at radius 2 is 2.00 bits per heavy atom. The summed E-state index contributed by atoms with van der Waals surface area (Å²) in [6.45, 7) is 0.487. The van der Waals surface area contributed by atoms with Crippen LogP contribution in [-0.2, 0) is 11.3 Å². The highest BCUT2D eigenvalue weighted by molar-refractivity contribution is 5.91. The average Bonchev–Trinajstić information content (AvgIpc) is 2.52. The second-order valence-electron chi connectivity index (χ2n) is 4.88. The number of rotatable bonds is 5. The van der Waals surface area contributed by atoms with E-state index in [9.17, 15) is 4.79 Å². The number of aromatic nitrogens is 1. The van der Waals surface area contributed by atoms with E-state index in [1.165, 1.54) is 0 Å². The predicted molar refractivity (Wildman–Crippen MR) is 85.9 cm³/mol. The molecule has 0 radical (unpaired) electrons. The monoisotopic (exact) mass is 281 g/mol. The molecular formula is C17H19N3O. The van der Waals surface area contributed by atoms with Crippen LogP contribution < -0.4 is 10.2 Å². The van der Waals surface area contributed by atoms with Crippen LogP contribution in [0.1, 0.15) is 11.1 Å². The van der Waals surface area contributed by atoms with Crippen molar-refractivity contribution < 1.29 is 4.79 Å². The van der Waals surface area contributed by atoms with Crippen molar-refractivity contribution in [1.29, 1.82) is 0 Å². The standard InChI is InChI=1S/C17H19N3O/c1-20(2)16-12-15(10-11-18-16)13-19-17(21)9-8-14-6-4-3-5-7-14/h3-12H,13H2,1-2H3,(H,19,21). The summed E-state index contributed by atoms with van der Waals surface area (Å²) >= 11 is 0. The zero-order valence-corrected chi connectivity index (χ0v) is 12.3. The molecule has 4 nitrogen and oxygen atoms in total. The van der Waals surface area contributed by atoms with Gasteiger partial charge in [0.15, 0.2) is 0 Å². The highest BCUT2D eigenvalue weighted by Crippen LogP contribution is 2.09. The Balaban J connectivity index is 1.89. The highest BCUT2D eigenvalue weighted by atomic mass is 16.1. The summed E-state index contributed by atoms with van der Waals surface area (Å²) in [5.74, 6) is 0.767. The molecule has 4 heteroatoms. The molecule has 0 saturated carbocycles. The molecule has 2 rings (SSSR count). The quantitative estimate of drug-likeness (QED) is 0.856. The minimum Gasteiger partial charge on any atom is -0.363 e. The summed E-state index contributed by atoms with van der Waals surface area (Å²) in [6, 6.07) is 13.6. The van der Waals surface area contributed by atoms with Crippen LogP contribution in [0.4, 0.5) is 5.82 Å². The van der Waals surface area contributed by atoms with E-state index in [1.54, 1.807) is 18.3 Å². The van der Waals surface area contributed by atoms with E-state index in [2.05, 4.69) is 10.3 Å². The fourth-order valence-corrected chi connectivity index (χ4v) is 1.80. The molecule has 21 heavy (non-hydrogen) atoms. The van der Waals surface area contributed by atoms with Crippen LogP contribution in [0.3, 0.4) is 0 Å². The number of amides is 1. The lowest BCUT2D eigenvalue weighted by Crippen LogP contribution is -2.20. The van der Waals surface area contributed by atoms with Crippen LogP contribution in [0.2, 0.25) is 0 Å². The summed E-state index contributed by atoms with van der Waals surface area (Å²) in [7, 11) is 3.88. The predicted octanol–water partition coefficient (Wildman–Crippen LogP) is 2.48. The molecule has 0 aliphatic carbocycles. The number of carbonyl (C=O) groups excluding carboxylic acids is 1. The van der Waals surface area contributed by atoms with Crippen molar-refractivity contribution in [3.8, 4) is 0 Å². The molecule has 0 spiro atoms. The first-order valence-corrected chi connectivity index (χ1v) is 6.78. The van der Waals surface area contributed by atoms with E-state index >= 15 is 0 Å². The fraction of sp³-hybridized carbons (Fsp3) is 0.176. The molecule has 0 fully saturated rings. The first-order chi connectivity index (χ1) is 10.1. The number of pyridine rings is 1. The van der Waals surface area contributed by atoms with Crippen LogP contribution in [0.25, 0.3) is 6.08 Å². The lowest BCUT2D eigenvalue weighted by molar-refractivity contribution is -0.116. The summed E-state index contributed by atoms with van der Waals surface area (Å²) < 4.78 is 0. The lowest BCUT2D eigenvalue weighted by atomic mass is 10.2. The SMILES string of the molecule is CN(C)c1cc(CNC(=O)C=Cc2ccccc2)ccn1. The molecule has 2 aromatic rings. The third-order valence-corrected chi connectivity index (χ3v) is 2.96. The van der Waals surface area contributed by atoms with Crippen molar-refractivity contribution in [2.75, 3.05) is 19.0 Å². The maximum atomic E-state index is 11.8. The third kappa shape index (κ3) is 4.76. The van der Waals surface area contributed by atoms with Gasteiger partial charge < -0.3 is 10.2 Å². The number of anilines is 1. The second kappa shape index (κ2) is 7.24. The zero-order valence-electron chi connectivity index (χ0n) is 12.3. The van der Waals surface area contributed by atoms with Gasteiger partial charge in [-0.2, -0.15) is 0 Å². The molecule has 1 N–H and O–H groups in total. The van der Waals surface area contributed by atoms with Gasteiger partial charge in [0.1, 0.15) is 5.82 Å². The summed E-state index contributed by atoms with van der Waals surface area (Å²) in [5, 5.41) is 2.86. The number of carbonyl (C=O) groups is 1. The molecule has 0 atom stereocenters. The summed E-state index contributed by atoms with van der Waals surface area (Å²) in [5.41, 5.74) is 2.03. The van der Waals surface area contributed by atoms with Gasteiger partial charge in [-0.05, 0) is 29.3 Å². The fourth-order valence-electron chi connectivity index (χ4n) is 1.80. The van der Waals surface area contributed by atoms with Gasteiger partial charge in [0.2, 0.25) is 5.91 Å². The Hall–Kier alpha value is -2.62. The number of hydrogen-bond donors (Lipinski definition) is 1. The van der Waals surface area contributed by atoms with E-state index in [0.717, 1.165) is 16.9 Å². The van der Waals surface area contributed by atoms with Crippen molar-refractivity contribution >= 4 is 17.8 Å². The van der Waals surface area contributed by atoms with E-state index in [0.29, 0.717) is 6.54 Å². The second-order valence-corrected chi connectivity index (χ2v) is 4.88. The number of nitrogens with one attached hydrogen (secondary N) is 1. The number of hydrogen-bond acceptors (Lipinski definition) is 3. The number of nitrogens with zero attached hydrogens (tertiary/aromatic N) is 2. The average molecular weight is 281 g/mol. The molecule has 108 valence electrons. The third-order valence-electron chi connectivity index (χ3n) is 2.96. The van der Waals surface area contributed by atoms with Gasteiger partial charge >= 0.3 is 0 Å². The van der Waals surface area contributed by atoms with Gasteiger partial charge in [-0.15, -0.1) is 0 Å².